The lowest BCUT2D eigenvalue weighted by atomic mass is 10.2. The van der Waals surface area contributed by atoms with E-state index >= 15 is 0 Å². The highest BCUT2D eigenvalue weighted by molar-refractivity contribution is 9.11. The minimum absolute atomic E-state index is 0.0666. The second-order valence-corrected chi connectivity index (χ2v) is 7.20. The highest BCUT2D eigenvalue weighted by Crippen LogP contribution is 2.28. The van der Waals surface area contributed by atoms with Crippen LogP contribution in [0.1, 0.15) is 24.2 Å². The molecule has 1 N–H and O–H groups in total. The summed E-state index contributed by atoms with van der Waals surface area (Å²) in [5.74, 6) is -0.0666. The van der Waals surface area contributed by atoms with Crippen molar-refractivity contribution in [1.82, 2.24) is 4.72 Å². The minimum Gasteiger partial charge on any atom is -0.295 e. The van der Waals surface area contributed by atoms with E-state index in [0.717, 1.165) is 0 Å². The normalized spacial score (nSPS) is 11.1. The molecule has 0 saturated heterocycles. The summed E-state index contributed by atoms with van der Waals surface area (Å²) in [6, 6.07) is 9.16. The van der Waals surface area contributed by atoms with Crippen molar-refractivity contribution < 1.29 is 4.79 Å². The smallest absolute Gasteiger partial charge is 0.261 e. The first-order valence-corrected chi connectivity index (χ1v) is 5.82. The average Bonchev–Trinajstić information content (AvgIpc) is 2.14. The third-order valence-corrected chi connectivity index (χ3v) is 2.68. The summed E-state index contributed by atoms with van der Waals surface area (Å²) in [5.41, 5.74) is 0.678. The van der Waals surface area contributed by atoms with Crippen LogP contribution in [0.15, 0.2) is 30.3 Å². The maximum absolute atomic E-state index is 11.5. The van der Waals surface area contributed by atoms with Crippen LogP contribution < -0.4 is 4.72 Å². The van der Waals surface area contributed by atoms with Crippen molar-refractivity contribution in [1.29, 1.82) is 0 Å². The number of amides is 1. The van der Waals surface area contributed by atoms with E-state index in [1.807, 2.05) is 32.0 Å². The predicted molar refractivity (Wildman–Crippen MR) is 64.5 cm³/mol. The molecule has 0 atom stereocenters. The molecule has 76 valence electrons. The molecule has 0 aromatic heterocycles. The molecule has 0 fully saturated rings. The van der Waals surface area contributed by atoms with Crippen LogP contribution in [0.5, 0.6) is 0 Å². The maximum atomic E-state index is 11.5. The van der Waals surface area contributed by atoms with E-state index in [-0.39, 0.29) is 9.56 Å². The van der Waals surface area contributed by atoms with Crippen molar-refractivity contribution in [2.45, 2.75) is 17.5 Å². The number of benzene rings is 1. The van der Waals surface area contributed by atoms with Gasteiger partial charge in [-0.25, -0.2) is 0 Å². The predicted octanol–water partition coefficient (Wildman–Crippen LogP) is 3.20. The summed E-state index contributed by atoms with van der Waals surface area (Å²) in [7, 11) is 0. The van der Waals surface area contributed by atoms with Crippen molar-refractivity contribution in [3.8, 4) is 0 Å². The van der Waals surface area contributed by atoms with Crippen molar-refractivity contribution in [3.05, 3.63) is 35.9 Å². The Morgan fingerprint density at radius 3 is 2.43 bits per heavy atom. The van der Waals surface area contributed by atoms with Gasteiger partial charge in [0.2, 0.25) is 0 Å². The number of carbonyl (C=O) groups excluding carboxylic acids is 1. The molecule has 1 aromatic rings. The van der Waals surface area contributed by atoms with Crippen LogP contribution in [0.4, 0.5) is 0 Å². The van der Waals surface area contributed by atoms with Gasteiger partial charge in [0.05, 0.1) is 3.66 Å². The monoisotopic (exact) mass is 273 g/mol. The van der Waals surface area contributed by atoms with E-state index in [4.69, 9.17) is 0 Å². The number of alkyl halides is 1. The number of nitrogens with one attached hydrogen (secondary N) is 1. The van der Waals surface area contributed by atoms with Crippen LogP contribution in [0.3, 0.4) is 0 Å². The SMILES string of the molecule is CC(C)(Br)SNC(=O)c1ccccc1. The van der Waals surface area contributed by atoms with Gasteiger partial charge >= 0.3 is 0 Å². The number of halogens is 1. The van der Waals surface area contributed by atoms with Gasteiger partial charge in [-0.15, -0.1) is 0 Å². The third kappa shape index (κ3) is 4.15. The summed E-state index contributed by atoms with van der Waals surface area (Å²) < 4.78 is 2.63. The van der Waals surface area contributed by atoms with Gasteiger partial charge < -0.3 is 0 Å². The van der Waals surface area contributed by atoms with Gasteiger partial charge in [-0.3, -0.25) is 9.52 Å². The molecule has 0 spiro atoms. The lowest BCUT2D eigenvalue weighted by Gasteiger charge is -2.15. The fourth-order valence-corrected chi connectivity index (χ4v) is 1.51. The maximum Gasteiger partial charge on any atom is 0.261 e. The van der Waals surface area contributed by atoms with Gasteiger partial charge in [0.25, 0.3) is 5.91 Å². The molecule has 14 heavy (non-hydrogen) atoms. The first-order chi connectivity index (χ1) is 6.49. The Hall–Kier alpha value is -0.480. The van der Waals surface area contributed by atoms with E-state index in [9.17, 15) is 4.79 Å². The topological polar surface area (TPSA) is 29.1 Å². The second kappa shape index (κ2) is 4.84. The quantitative estimate of drug-likeness (QED) is 0.677. The number of hydrogen-bond donors (Lipinski definition) is 1. The molecule has 0 saturated carbocycles. The van der Waals surface area contributed by atoms with Crippen LogP contribution in [0.25, 0.3) is 0 Å². The van der Waals surface area contributed by atoms with E-state index in [2.05, 4.69) is 20.7 Å². The standard InChI is InChI=1S/C10H12BrNOS/c1-10(2,11)14-12-9(13)8-6-4-3-5-7-8/h3-7H,1-2H3,(H,12,13). The zero-order valence-electron chi connectivity index (χ0n) is 8.08. The highest BCUT2D eigenvalue weighted by atomic mass is 79.9. The first-order valence-electron chi connectivity index (χ1n) is 4.21. The van der Waals surface area contributed by atoms with Crippen LogP contribution in [0.2, 0.25) is 0 Å². The molecular weight excluding hydrogens is 262 g/mol. The molecule has 0 heterocycles. The molecule has 0 aliphatic carbocycles. The van der Waals surface area contributed by atoms with Gasteiger partial charge in [-0.2, -0.15) is 0 Å². The lowest BCUT2D eigenvalue weighted by molar-refractivity contribution is 0.0984. The molecule has 2 nitrogen and oxygen atoms in total. The molecule has 0 unspecified atom stereocenters. The van der Waals surface area contributed by atoms with Crippen LogP contribution >= 0.6 is 27.9 Å². The summed E-state index contributed by atoms with van der Waals surface area (Å²) in [5, 5.41) is 0. The van der Waals surface area contributed by atoms with Crippen molar-refractivity contribution in [2.24, 2.45) is 0 Å². The molecule has 1 amide bonds. The molecule has 0 bridgehead atoms. The Balaban J connectivity index is 2.52. The molecule has 4 heteroatoms. The zero-order chi connectivity index (χ0) is 10.6. The van der Waals surface area contributed by atoms with E-state index in [0.29, 0.717) is 5.56 Å². The number of hydrogen-bond acceptors (Lipinski definition) is 2. The largest absolute Gasteiger partial charge is 0.295 e. The third-order valence-electron chi connectivity index (χ3n) is 1.42. The zero-order valence-corrected chi connectivity index (χ0v) is 10.5. The van der Waals surface area contributed by atoms with E-state index < -0.39 is 0 Å². The second-order valence-electron chi connectivity index (χ2n) is 3.26. The average molecular weight is 274 g/mol. The van der Waals surface area contributed by atoms with Crippen LogP contribution in [-0.2, 0) is 0 Å². The first kappa shape index (κ1) is 11.6. The number of carbonyl (C=O) groups is 1. The summed E-state index contributed by atoms with van der Waals surface area (Å²) >= 11 is 4.78. The fourth-order valence-electron chi connectivity index (χ4n) is 0.816. The van der Waals surface area contributed by atoms with Gasteiger partial charge in [-0.1, -0.05) is 34.1 Å². The Morgan fingerprint density at radius 1 is 1.36 bits per heavy atom. The molecule has 1 aromatic carbocycles. The minimum atomic E-state index is -0.141. The molecule has 1 rings (SSSR count). The van der Waals surface area contributed by atoms with Crippen molar-refractivity contribution in [3.63, 3.8) is 0 Å². The molecule has 0 aliphatic rings. The highest BCUT2D eigenvalue weighted by Gasteiger charge is 2.15. The van der Waals surface area contributed by atoms with E-state index in [1.54, 1.807) is 12.1 Å². The van der Waals surface area contributed by atoms with Crippen molar-refractivity contribution >= 4 is 33.8 Å². The Morgan fingerprint density at radius 2 is 1.93 bits per heavy atom. The van der Waals surface area contributed by atoms with Crippen LogP contribution in [-0.4, -0.2) is 9.56 Å². The Bertz CT molecular complexity index is 308. The summed E-state index contributed by atoms with van der Waals surface area (Å²) in [4.78, 5) is 11.5. The molecule has 0 radical (unpaired) electrons. The van der Waals surface area contributed by atoms with Crippen molar-refractivity contribution in [2.75, 3.05) is 0 Å². The Labute approximate surface area is 96.7 Å². The summed E-state index contributed by atoms with van der Waals surface area (Å²) in [6.07, 6.45) is 0. The van der Waals surface area contributed by atoms with Gasteiger partial charge in [-0.05, 0) is 37.9 Å². The van der Waals surface area contributed by atoms with Crippen LogP contribution in [0, 0.1) is 0 Å². The van der Waals surface area contributed by atoms with Gasteiger partial charge in [0.1, 0.15) is 0 Å². The lowest BCUT2D eigenvalue weighted by Crippen LogP contribution is -2.21. The van der Waals surface area contributed by atoms with Gasteiger partial charge in [0.15, 0.2) is 0 Å². The Kier molecular flexibility index (Phi) is 4.01. The molecule has 0 aliphatic heterocycles. The fraction of sp³-hybridized carbons (Fsp3) is 0.300. The summed E-state index contributed by atoms with van der Waals surface area (Å²) in [6.45, 7) is 3.95. The van der Waals surface area contributed by atoms with Gasteiger partial charge in [0, 0.05) is 5.56 Å². The molecular formula is C10H12BrNOS. The number of rotatable bonds is 3. The van der Waals surface area contributed by atoms with E-state index in [1.165, 1.54) is 11.9 Å².